The first kappa shape index (κ1) is 23.8. The molecular formula is C27H37N3O2. The number of allylic oxidation sites excluding steroid dienone is 2. The fourth-order valence-electron chi connectivity index (χ4n) is 4.20. The van der Waals surface area contributed by atoms with Crippen molar-refractivity contribution in [3.63, 3.8) is 0 Å². The molecule has 0 atom stereocenters. The van der Waals surface area contributed by atoms with Crippen molar-refractivity contribution >= 4 is 17.5 Å². The fraction of sp³-hybridized carbons (Fsp3) is 0.481. The Balaban J connectivity index is 1.52. The fourth-order valence-corrected chi connectivity index (χ4v) is 4.20. The minimum atomic E-state index is -0.229. The number of unbranched alkanes of at least 4 members (excludes halogenated alkanes) is 9. The molecule has 5 nitrogen and oxygen atoms in total. The molecule has 1 N–H and O–H groups in total. The molecule has 0 radical (unpaired) electrons. The van der Waals surface area contributed by atoms with E-state index in [1.807, 2.05) is 59.7 Å². The third-order valence-corrected chi connectivity index (χ3v) is 6.02. The van der Waals surface area contributed by atoms with Gasteiger partial charge in [0.25, 0.3) is 11.8 Å². The van der Waals surface area contributed by atoms with Crippen LogP contribution in [0.4, 0.5) is 5.69 Å². The Morgan fingerprint density at radius 1 is 0.812 bits per heavy atom. The summed E-state index contributed by atoms with van der Waals surface area (Å²) >= 11 is 0. The van der Waals surface area contributed by atoms with Crippen LogP contribution in [0.25, 0.3) is 0 Å². The lowest BCUT2D eigenvalue weighted by Crippen LogP contribution is -2.35. The summed E-state index contributed by atoms with van der Waals surface area (Å²) in [4.78, 5) is 29.7. The highest BCUT2D eigenvalue weighted by Crippen LogP contribution is 2.27. The molecule has 0 fully saturated rings. The summed E-state index contributed by atoms with van der Waals surface area (Å²) in [6.07, 6.45) is 19.9. The van der Waals surface area contributed by atoms with Crippen molar-refractivity contribution in [1.29, 1.82) is 0 Å². The van der Waals surface area contributed by atoms with Crippen molar-refractivity contribution in [2.24, 2.45) is 0 Å². The summed E-state index contributed by atoms with van der Waals surface area (Å²) in [5.41, 5.74) is 1.61. The Labute approximate surface area is 192 Å². The van der Waals surface area contributed by atoms with Crippen molar-refractivity contribution in [3.8, 4) is 0 Å². The van der Waals surface area contributed by atoms with Crippen LogP contribution in [0, 0.1) is 0 Å². The first-order chi connectivity index (χ1) is 15.7. The number of nitrogens with one attached hydrogen (secondary N) is 1. The van der Waals surface area contributed by atoms with Crippen LogP contribution in [0.2, 0.25) is 0 Å². The average Bonchev–Trinajstić information content (AvgIpc) is 3.05. The van der Waals surface area contributed by atoms with Crippen molar-refractivity contribution in [1.82, 2.24) is 9.80 Å². The van der Waals surface area contributed by atoms with Gasteiger partial charge in [-0.2, -0.15) is 0 Å². The predicted octanol–water partition coefficient (Wildman–Crippen LogP) is 5.99. The van der Waals surface area contributed by atoms with Crippen LogP contribution >= 0.6 is 0 Å². The smallest absolute Gasteiger partial charge is 0.279 e. The molecule has 2 amide bonds. The molecule has 1 aromatic carbocycles. The number of para-hydroxylation sites is 1. The second kappa shape index (κ2) is 12.9. The molecule has 1 aromatic rings. The Morgan fingerprint density at radius 3 is 2.09 bits per heavy atom. The van der Waals surface area contributed by atoms with Crippen molar-refractivity contribution in [2.45, 2.75) is 71.1 Å². The lowest BCUT2D eigenvalue weighted by molar-refractivity contribution is -0.138. The molecule has 0 unspecified atom stereocenters. The molecule has 0 saturated heterocycles. The average molecular weight is 436 g/mol. The highest BCUT2D eigenvalue weighted by molar-refractivity contribution is 6.20. The normalized spacial score (nSPS) is 15.9. The highest BCUT2D eigenvalue weighted by atomic mass is 16.2. The van der Waals surface area contributed by atoms with Gasteiger partial charge in [0.2, 0.25) is 0 Å². The number of carbonyl (C=O) groups is 2. The third-order valence-electron chi connectivity index (χ3n) is 6.02. The summed E-state index contributed by atoms with van der Waals surface area (Å²) in [7, 11) is 0. The molecule has 2 aliphatic heterocycles. The molecule has 0 saturated carbocycles. The lowest BCUT2D eigenvalue weighted by atomic mass is 10.1. The van der Waals surface area contributed by atoms with E-state index in [-0.39, 0.29) is 11.8 Å². The molecule has 3 rings (SSSR count). The number of hydrogen-bond donors (Lipinski definition) is 1. The predicted molar refractivity (Wildman–Crippen MR) is 131 cm³/mol. The second-order valence-electron chi connectivity index (χ2n) is 8.58. The van der Waals surface area contributed by atoms with Gasteiger partial charge in [0.15, 0.2) is 0 Å². The zero-order valence-corrected chi connectivity index (χ0v) is 19.4. The van der Waals surface area contributed by atoms with Gasteiger partial charge in [0, 0.05) is 25.0 Å². The zero-order chi connectivity index (χ0) is 22.6. The molecule has 2 heterocycles. The van der Waals surface area contributed by atoms with Crippen LogP contribution in [-0.2, 0) is 9.59 Å². The van der Waals surface area contributed by atoms with Crippen LogP contribution in [0.15, 0.2) is 66.2 Å². The molecule has 0 bridgehead atoms. The van der Waals surface area contributed by atoms with Gasteiger partial charge >= 0.3 is 0 Å². The Kier molecular flexibility index (Phi) is 9.60. The topological polar surface area (TPSA) is 52.7 Å². The van der Waals surface area contributed by atoms with E-state index < -0.39 is 0 Å². The van der Waals surface area contributed by atoms with E-state index in [9.17, 15) is 9.59 Å². The van der Waals surface area contributed by atoms with Crippen molar-refractivity contribution in [3.05, 3.63) is 66.2 Å². The van der Waals surface area contributed by atoms with E-state index >= 15 is 0 Å². The number of anilines is 1. The van der Waals surface area contributed by atoms with Crippen LogP contribution in [0.5, 0.6) is 0 Å². The van der Waals surface area contributed by atoms with Crippen molar-refractivity contribution in [2.75, 3.05) is 18.4 Å². The van der Waals surface area contributed by atoms with Crippen molar-refractivity contribution < 1.29 is 9.59 Å². The number of amides is 2. The van der Waals surface area contributed by atoms with Gasteiger partial charge in [-0.3, -0.25) is 14.5 Å². The van der Waals surface area contributed by atoms with E-state index in [1.165, 1.54) is 56.3 Å². The number of hydrogen-bond acceptors (Lipinski definition) is 4. The van der Waals surface area contributed by atoms with E-state index in [0.29, 0.717) is 24.5 Å². The number of rotatable bonds is 14. The van der Waals surface area contributed by atoms with Gasteiger partial charge in [-0.25, -0.2) is 0 Å². The highest BCUT2D eigenvalue weighted by Gasteiger charge is 2.40. The maximum Gasteiger partial charge on any atom is 0.279 e. The second-order valence-corrected chi connectivity index (χ2v) is 8.58. The monoisotopic (exact) mass is 435 g/mol. The first-order valence-corrected chi connectivity index (χ1v) is 12.2. The number of benzene rings is 1. The van der Waals surface area contributed by atoms with Crippen LogP contribution in [-0.4, -0.2) is 34.7 Å². The quantitative estimate of drug-likeness (QED) is 0.288. The minimum Gasteiger partial charge on any atom is -0.349 e. The van der Waals surface area contributed by atoms with Gasteiger partial charge in [-0.1, -0.05) is 95.1 Å². The van der Waals surface area contributed by atoms with Gasteiger partial charge in [-0.15, -0.1) is 0 Å². The number of nitrogens with zero attached hydrogens (tertiary/aromatic N) is 2. The molecule has 0 aromatic heterocycles. The van der Waals surface area contributed by atoms with Gasteiger partial charge in [0.1, 0.15) is 11.4 Å². The zero-order valence-electron chi connectivity index (χ0n) is 19.4. The Morgan fingerprint density at radius 2 is 1.47 bits per heavy atom. The van der Waals surface area contributed by atoms with E-state index in [4.69, 9.17) is 0 Å². The van der Waals surface area contributed by atoms with Gasteiger partial charge in [0.05, 0.1) is 0 Å². The van der Waals surface area contributed by atoms with Crippen LogP contribution in [0.3, 0.4) is 0 Å². The molecule has 0 spiro atoms. The molecule has 2 aliphatic rings. The van der Waals surface area contributed by atoms with Gasteiger partial charge in [-0.05, 0) is 24.6 Å². The largest absolute Gasteiger partial charge is 0.349 e. The number of imide groups is 1. The Hall–Kier alpha value is -2.82. The maximum absolute atomic E-state index is 13.2. The van der Waals surface area contributed by atoms with Crippen LogP contribution < -0.4 is 5.32 Å². The summed E-state index contributed by atoms with van der Waals surface area (Å²) in [5.74, 6) is -0.433. The SMILES string of the molecule is CCCCCCCCCCCCN1C(=O)C(Nc2ccccc2)=C(N2C=CC=CC2)C1=O. The summed E-state index contributed by atoms with van der Waals surface area (Å²) in [6, 6.07) is 9.56. The third kappa shape index (κ3) is 6.59. The molecular weight excluding hydrogens is 398 g/mol. The summed E-state index contributed by atoms with van der Waals surface area (Å²) in [6.45, 7) is 3.30. The lowest BCUT2D eigenvalue weighted by Gasteiger charge is -2.22. The van der Waals surface area contributed by atoms with Gasteiger partial charge < -0.3 is 10.2 Å². The standard InChI is InChI=1S/C27H37N3O2/c1-2-3-4-5-6-7-8-9-10-17-22-30-26(31)24(28-23-18-13-11-14-19-23)25(27(30)32)29-20-15-12-16-21-29/h11-16,18-20,28H,2-10,17,21-22H2,1H3. The molecule has 0 aliphatic carbocycles. The minimum absolute atomic E-state index is 0.204. The maximum atomic E-state index is 13.2. The molecule has 32 heavy (non-hydrogen) atoms. The molecule has 172 valence electrons. The number of carbonyl (C=O) groups excluding carboxylic acids is 2. The molecule has 5 heteroatoms. The summed E-state index contributed by atoms with van der Waals surface area (Å²) in [5, 5.41) is 3.21. The Bertz CT molecular complexity index is 842. The van der Waals surface area contributed by atoms with E-state index in [2.05, 4.69) is 12.2 Å². The first-order valence-electron chi connectivity index (χ1n) is 12.2. The van der Waals surface area contributed by atoms with E-state index in [0.717, 1.165) is 18.5 Å². The summed E-state index contributed by atoms with van der Waals surface area (Å²) < 4.78 is 0. The van der Waals surface area contributed by atoms with Crippen LogP contribution in [0.1, 0.15) is 71.1 Å². The van der Waals surface area contributed by atoms with E-state index in [1.54, 1.807) is 0 Å².